The van der Waals surface area contributed by atoms with Gasteiger partial charge in [-0.25, -0.2) is 9.18 Å². The summed E-state index contributed by atoms with van der Waals surface area (Å²) in [5, 5.41) is 3.04. The van der Waals surface area contributed by atoms with Crippen molar-refractivity contribution in [2.75, 3.05) is 18.0 Å². The second-order valence-electron chi connectivity index (χ2n) is 6.88. The van der Waals surface area contributed by atoms with Gasteiger partial charge < -0.3 is 10.2 Å². The van der Waals surface area contributed by atoms with E-state index in [1.807, 2.05) is 4.90 Å². The Morgan fingerprint density at radius 1 is 1.11 bits per heavy atom. The van der Waals surface area contributed by atoms with Crippen LogP contribution in [0.15, 0.2) is 48.2 Å². The number of carbonyl (C=O) groups is 2. The number of halogens is 2. The molecule has 2 aliphatic rings. The normalized spacial score (nSPS) is 18.3. The molecule has 3 amide bonds. The number of anilines is 1. The molecule has 0 saturated carbocycles. The fourth-order valence-electron chi connectivity index (χ4n) is 3.51. The monoisotopic (exact) mass is 399 g/mol. The van der Waals surface area contributed by atoms with Crippen LogP contribution in [0.1, 0.15) is 24.0 Å². The second kappa shape index (κ2) is 7.64. The minimum Gasteiger partial charge on any atom is -0.369 e. The van der Waals surface area contributed by atoms with Crippen LogP contribution in [0.25, 0.3) is 6.08 Å². The summed E-state index contributed by atoms with van der Waals surface area (Å²) in [6.07, 6.45) is 3.61. The lowest BCUT2D eigenvalue weighted by atomic mass is 10.1. The van der Waals surface area contributed by atoms with Crippen molar-refractivity contribution in [1.82, 2.24) is 10.2 Å². The number of amides is 3. The van der Waals surface area contributed by atoms with Crippen LogP contribution >= 0.6 is 11.6 Å². The van der Waals surface area contributed by atoms with Crippen LogP contribution in [-0.2, 0) is 11.3 Å². The van der Waals surface area contributed by atoms with E-state index < -0.39 is 11.9 Å². The number of nitrogens with zero attached hydrogens (tertiary/aromatic N) is 2. The summed E-state index contributed by atoms with van der Waals surface area (Å²) in [4.78, 5) is 28.0. The molecular weight excluding hydrogens is 381 g/mol. The molecule has 0 aromatic heterocycles. The van der Waals surface area contributed by atoms with Gasteiger partial charge in [0.05, 0.1) is 12.2 Å². The van der Waals surface area contributed by atoms with Gasteiger partial charge in [-0.1, -0.05) is 35.9 Å². The average Bonchev–Trinajstić information content (AvgIpc) is 3.28. The van der Waals surface area contributed by atoms with E-state index in [1.165, 1.54) is 12.1 Å². The van der Waals surface area contributed by atoms with Crippen molar-refractivity contribution in [2.24, 2.45) is 0 Å². The van der Waals surface area contributed by atoms with Gasteiger partial charge >= 0.3 is 6.03 Å². The summed E-state index contributed by atoms with van der Waals surface area (Å²) in [6, 6.07) is 11.4. The minimum atomic E-state index is -0.523. The molecule has 1 N–H and O–H groups in total. The van der Waals surface area contributed by atoms with Crippen molar-refractivity contribution < 1.29 is 14.0 Å². The van der Waals surface area contributed by atoms with Crippen molar-refractivity contribution in [3.63, 3.8) is 0 Å². The topological polar surface area (TPSA) is 52.7 Å². The van der Waals surface area contributed by atoms with Crippen molar-refractivity contribution in [1.29, 1.82) is 0 Å². The molecule has 2 aromatic rings. The first-order valence-electron chi connectivity index (χ1n) is 9.15. The predicted octanol–water partition coefficient (Wildman–Crippen LogP) is 4.17. The van der Waals surface area contributed by atoms with Crippen LogP contribution in [0.4, 0.5) is 14.9 Å². The second-order valence-corrected chi connectivity index (χ2v) is 7.28. The largest absolute Gasteiger partial charge is 0.369 e. The van der Waals surface area contributed by atoms with Crippen LogP contribution in [0.5, 0.6) is 0 Å². The highest BCUT2D eigenvalue weighted by Gasteiger charge is 2.33. The minimum absolute atomic E-state index is 0.0734. The third-order valence-corrected chi connectivity index (χ3v) is 5.35. The van der Waals surface area contributed by atoms with Crippen LogP contribution in [0, 0.1) is 5.82 Å². The molecule has 28 heavy (non-hydrogen) atoms. The standard InChI is InChI=1S/C21H19ClFN3O2/c22-16-6-2-1-5-15(16)13-26-20(27)18(24-21(26)28)12-14-7-8-19(17(23)11-14)25-9-3-4-10-25/h1-2,5-8,11-12H,3-4,9-10,13H2,(H,24,28)/b18-12-. The van der Waals surface area contributed by atoms with Gasteiger partial charge in [0.15, 0.2) is 0 Å². The lowest BCUT2D eigenvalue weighted by molar-refractivity contribution is -0.123. The lowest BCUT2D eigenvalue weighted by Crippen LogP contribution is -2.30. The van der Waals surface area contributed by atoms with Gasteiger partial charge in [0.1, 0.15) is 11.5 Å². The summed E-state index contributed by atoms with van der Waals surface area (Å²) in [6.45, 7) is 1.77. The van der Waals surface area contributed by atoms with E-state index in [4.69, 9.17) is 11.6 Å². The molecule has 2 saturated heterocycles. The van der Waals surface area contributed by atoms with Crippen LogP contribution in [0.3, 0.4) is 0 Å². The molecule has 2 heterocycles. The van der Waals surface area contributed by atoms with Crippen molar-refractivity contribution in [2.45, 2.75) is 19.4 Å². The number of hydrogen-bond acceptors (Lipinski definition) is 3. The summed E-state index contributed by atoms with van der Waals surface area (Å²) < 4.78 is 14.5. The molecule has 0 radical (unpaired) electrons. The zero-order valence-electron chi connectivity index (χ0n) is 15.1. The molecule has 7 heteroatoms. The molecule has 0 unspecified atom stereocenters. The fraction of sp³-hybridized carbons (Fsp3) is 0.238. The van der Waals surface area contributed by atoms with Gasteiger partial charge in [-0.15, -0.1) is 0 Å². The Morgan fingerprint density at radius 3 is 2.57 bits per heavy atom. The van der Waals surface area contributed by atoms with E-state index in [2.05, 4.69) is 5.32 Å². The summed E-state index contributed by atoms with van der Waals surface area (Å²) >= 11 is 6.12. The van der Waals surface area contributed by atoms with Crippen LogP contribution in [-0.4, -0.2) is 29.9 Å². The first-order chi connectivity index (χ1) is 13.5. The molecule has 2 fully saturated rings. The Labute approximate surface area is 167 Å². The number of urea groups is 1. The molecule has 0 spiro atoms. The maximum Gasteiger partial charge on any atom is 0.329 e. The Kier molecular flexibility index (Phi) is 5.05. The van der Waals surface area contributed by atoms with E-state index in [1.54, 1.807) is 36.4 Å². The summed E-state index contributed by atoms with van der Waals surface area (Å²) in [7, 11) is 0. The Balaban J connectivity index is 1.54. The first kappa shape index (κ1) is 18.5. The van der Waals surface area contributed by atoms with E-state index in [0.29, 0.717) is 21.8 Å². The van der Waals surface area contributed by atoms with Crippen LogP contribution in [0.2, 0.25) is 5.02 Å². The molecule has 2 aliphatic heterocycles. The summed E-state index contributed by atoms with van der Waals surface area (Å²) in [5.41, 5.74) is 1.88. The molecular formula is C21H19ClFN3O2. The highest BCUT2D eigenvalue weighted by atomic mass is 35.5. The number of carbonyl (C=O) groups excluding carboxylic acids is 2. The number of rotatable bonds is 4. The van der Waals surface area contributed by atoms with Crippen molar-refractivity contribution >= 4 is 35.3 Å². The van der Waals surface area contributed by atoms with Gasteiger partial charge in [0, 0.05) is 18.1 Å². The Bertz CT molecular complexity index is 970. The molecule has 4 rings (SSSR count). The maximum atomic E-state index is 14.5. The molecule has 0 aliphatic carbocycles. The smallest absolute Gasteiger partial charge is 0.329 e. The third-order valence-electron chi connectivity index (χ3n) is 4.98. The van der Waals surface area contributed by atoms with E-state index >= 15 is 0 Å². The van der Waals surface area contributed by atoms with Gasteiger partial charge in [-0.2, -0.15) is 0 Å². The molecule has 144 valence electrons. The molecule has 5 nitrogen and oxygen atoms in total. The number of nitrogens with one attached hydrogen (secondary N) is 1. The summed E-state index contributed by atoms with van der Waals surface area (Å²) in [5.74, 6) is -0.796. The predicted molar refractivity (Wildman–Crippen MR) is 106 cm³/mol. The van der Waals surface area contributed by atoms with Gasteiger partial charge in [-0.3, -0.25) is 9.69 Å². The molecule has 0 atom stereocenters. The Morgan fingerprint density at radius 2 is 1.86 bits per heavy atom. The van der Waals surface area contributed by atoms with Crippen LogP contribution < -0.4 is 10.2 Å². The van der Waals surface area contributed by atoms with Gasteiger partial charge in [-0.05, 0) is 48.2 Å². The lowest BCUT2D eigenvalue weighted by Gasteiger charge is -2.18. The Hall–Kier alpha value is -2.86. The van der Waals surface area contributed by atoms with E-state index in [9.17, 15) is 14.0 Å². The van der Waals surface area contributed by atoms with Gasteiger partial charge in [0.25, 0.3) is 5.91 Å². The number of hydrogen-bond donors (Lipinski definition) is 1. The zero-order valence-corrected chi connectivity index (χ0v) is 15.9. The van der Waals surface area contributed by atoms with Gasteiger partial charge in [0.2, 0.25) is 0 Å². The van der Waals surface area contributed by atoms with E-state index in [0.717, 1.165) is 30.8 Å². The SMILES string of the molecule is O=C1N/C(=C\c2ccc(N3CCCC3)c(F)c2)C(=O)N1Cc1ccccc1Cl. The highest BCUT2D eigenvalue weighted by molar-refractivity contribution is 6.31. The highest BCUT2D eigenvalue weighted by Crippen LogP contribution is 2.26. The fourth-order valence-corrected chi connectivity index (χ4v) is 3.70. The van der Waals surface area contributed by atoms with Crippen molar-refractivity contribution in [3.8, 4) is 0 Å². The van der Waals surface area contributed by atoms with Crippen molar-refractivity contribution in [3.05, 3.63) is 70.1 Å². The third kappa shape index (κ3) is 3.60. The quantitative estimate of drug-likeness (QED) is 0.620. The van der Waals surface area contributed by atoms with E-state index in [-0.39, 0.29) is 18.1 Å². The first-order valence-corrected chi connectivity index (χ1v) is 9.53. The maximum absolute atomic E-state index is 14.5. The zero-order chi connectivity index (χ0) is 19.7. The average molecular weight is 400 g/mol. The molecule has 2 aromatic carbocycles. The number of imide groups is 1. The molecule has 0 bridgehead atoms. The number of benzene rings is 2.